The Bertz CT molecular complexity index is 472. The van der Waals surface area contributed by atoms with Crippen molar-refractivity contribution < 1.29 is 14.3 Å². The van der Waals surface area contributed by atoms with Crippen molar-refractivity contribution in [1.29, 1.82) is 0 Å². The van der Waals surface area contributed by atoms with Crippen LogP contribution >= 0.6 is 22.9 Å². The molecule has 16 heavy (non-hydrogen) atoms. The summed E-state index contributed by atoms with van der Waals surface area (Å²) in [5.74, 6) is -0.409. The summed E-state index contributed by atoms with van der Waals surface area (Å²) in [5.41, 5.74) is 0. The predicted molar refractivity (Wildman–Crippen MR) is 58.7 cm³/mol. The molecule has 0 spiro atoms. The number of esters is 1. The molecule has 0 unspecified atom stereocenters. The molecule has 0 N–H and O–H groups in total. The smallest absolute Gasteiger partial charge is 0.329 e. The van der Waals surface area contributed by atoms with Crippen LogP contribution in [0.4, 0.5) is 0 Å². The minimum Gasteiger partial charge on any atom is -0.459 e. The third kappa shape index (κ3) is 1.43. The zero-order chi connectivity index (χ0) is 11.3. The van der Waals surface area contributed by atoms with Crippen LogP contribution in [0.25, 0.3) is 0 Å². The molecule has 2 aliphatic rings. The SMILES string of the molecule is O=C1O[C@@H]2C[C@H]1N(C(=O)c1ccc(Cl)s1)C2. The van der Waals surface area contributed by atoms with Gasteiger partial charge >= 0.3 is 5.97 Å². The fourth-order valence-electron chi connectivity index (χ4n) is 2.14. The van der Waals surface area contributed by atoms with Crippen LogP contribution in [0.5, 0.6) is 0 Å². The Hall–Kier alpha value is -1.07. The number of thiophene rings is 1. The number of fused-ring (bicyclic) bond motifs is 2. The van der Waals surface area contributed by atoms with E-state index in [1.807, 2.05) is 0 Å². The van der Waals surface area contributed by atoms with Gasteiger partial charge in [0.25, 0.3) is 5.91 Å². The lowest BCUT2D eigenvalue weighted by molar-refractivity contribution is -0.149. The van der Waals surface area contributed by atoms with Crippen LogP contribution < -0.4 is 0 Å². The number of halogens is 1. The van der Waals surface area contributed by atoms with Gasteiger partial charge in [-0.05, 0) is 12.1 Å². The van der Waals surface area contributed by atoms with E-state index in [4.69, 9.17) is 16.3 Å². The van der Waals surface area contributed by atoms with E-state index < -0.39 is 6.04 Å². The second-order valence-corrected chi connectivity index (χ2v) is 5.59. The first kappa shape index (κ1) is 10.1. The molecule has 3 rings (SSSR count). The van der Waals surface area contributed by atoms with Crippen LogP contribution in [0.3, 0.4) is 0 Å². The molecule has 0 aromatic carbocycles. The van der Waals surface area contributed by atoms with Crippen LogP contribution in [0, 0.1) is 0 Å². The van der Waals surface area contributed by atoms with Gasteiger partial charge in [0, 0.05) is 6.42 Å². The summed E-state index contributed by atoms with van der Waals surface area (Å²) in [7, 11) is 0. The summed E-state index contributed by atoms with van der Waals surface area (Å²) < 4.78 is 5.61. The molecule has 0 saturated carbocycles. The molecule has 0 aliphatic carbocycles. The largest absolute Gasteiger partial charge is 0.459 e. The van der Waals surface area contributed by atoms with Gasteiger partial charge in [-0.2, -0.15) is 0 Å². The van der Waals surface area contributed by atoms with Crippen LogP contribution in [-0.4, -0.2) is 35.5 Å². The van der Waals surface area contributed by atoms with Crippen molar-refractivity contribution in [1.82, 2.24) is 4.90 Å². The number of amides is 1. The van der Waals surface area contributed by atoms with Crippen LogP contribution in [0.1, 0.15) is 16.1 Å². The lowest BCUT2D eigenvalue weighted by atomic mass is 10.2. The van der Waals surface area contributed by atoms with Gasteiger partial charge < -0.3 is 9.64 Å². The maximum atomic E-state index is 12.1. The summed E-state index contributed by atoms with van der Waals surface area (Å²) in [6, 6.07) is 2.98. The van der Waals surface area contributed by atoms with Gasteiger partial charge in [0.05, 0.1) is 15.8 Å². The number of hydrogen-bond donors (Lipinski definition) is 0. The highest BCUT2D eigenvalue weighted by Gasteiger charge is 2.48. The Morgan fingerprint density at radius 1 is 1.56 bits per heavy atom. The van der Waals surface area contributed by atoms with Crippen LogP contribution in [0.2, 0.25) is 4.34 Å². The fraction of sp³-hybridized carbons (Fsp3) is 0.400. The zero-order valence-corrected chi connectivity index (χ0v) is 9.75. The Labute approximate surface area is 101 Å². The predicted octanol–water partition coefficient (Wildman–Crippen LogP) is 1.54. The van der Waals surface area contributed by atoms with Crippen LogP contribution in [0.15, 0.2) is 12.1 Å². The Balaban J connectivity index is 1.84. The minimum atomic E-state index is -0.390. The second kappa shape index (κ2) is 3.46. The van der Waals surface area contributed by atoms with E-state index in [1.165, 1.54) is 11.3 Å². The van der Waals surface area contributed by atoms with E-state index in [1.54, 1.807) is 17.0 Å². The number of carbonyl (C=O) groups is 2. The summed E-state index contributed by atoms with van der Waals surface area (Å²) in [5, 5.41) is 0. The van der Waals surface area contributed by atoms with E-state index in [0.717, 1.165) is 0 Å². The fourth-order valence-corrected chi connectivity index (χ4v) is 3.14. The number of carbonyl (C=O) groups excluding carboxylic acids is 2. The maximum Gasteiger partial charge on any atom is 0.329 e. The first-order valence-electron chi connectivity index (χ1n) is 4.92. The molecule has 1 aromatic rings. The highest BCUT2D eigenvalue weighted by molar-refractivity contribution is 7.17. The third-order valence-corrected chi connectivity index (χ3v) is 4.08. The maximum absolute atomic E-state index is 12.1. The highest BCUT2D eigenvalue weighted by Crippen LogP contribution is 2.32. The zero-order valence-electron chi connectivity index (χ0n) is 8.18. The van der Waals surface area contributed by atoms with Gasteiger partial charge in [0.2, 0.25) is 0 Å². The van der Waals surface area contributed by atoms with Gasteiger partial charge in [-0.1, -0.05) is 11.6 Å². The molecule has 3 heterocycles. The van der Waals surface area contributed by atoms with Crippen molar-refractivity contribution in [2.75, 3.05) is 6.54 Å². The number of rotatable bonds is 1. The molecule has 2 saturated heterocycles. The first-order chi connectivity index (χ1) is 7.65. The third-order valence-electron chi connectivity index (χ3n) is 2.86. The van der Waals surface area contributed by atoms with E-state index in [-0.39, 0.29) is 18.0 Å². The van der Waals surface area contributed by atoms with Crippen molar-refractivity contribution in [3.63, 3.8) is 0 Å². The number of likely N-dealkylation sites (tertiary alicyclic amines) is 1. The lowest BCUT2D eigenvalue weighted by Gasteiger charge is -2.25. The van der Waals surface area contributed by atoms with Gasteiger partial charge in [-0.25, -0.2) is 4.79 Å². The van der Waals surface area contributed by atoms with Gasteiger partial charge in [-0.3, -0.25) is 4.79 Å². The molecule has 1 amide bonds. The molecule has 2 bridgehead atoms. The van der Waals surface area contributed by atoms with Crippen molar-refractivity contribution >= 4 is 34.8 Å². The van der Waals surface area contributed by atoms with Crippen molar-refractivity contribution in [3.8, 4) is 0 Å². The van der Waals surface area contributed by atoms with Gasteiger partial charge in [0.15, 0.2) is 0 Å². The first-order valence-corrected chi connectivity index (χ1v) is 6.11. The number of morpholine rings is 1. The van der Waals surface area contributed by atoms with E-state index in [2.05, 4.69) is 0 Å². The quantitative estimate of drug-likeness (QED) is 0.717. The summed E-state index contributed by atoms with van der Waals surface area (Å²) in [6.07, 6.45) is 0.515. The Morgan fingerprint density at radius 2 is 2.38 bits per heavy atom. The lowest BCUT2D eigenvalue weighted by Crippen LogP contribution is -2.44. The number of ether oxygens (including phenoxy) is 1. The molecule has 2 atom stereocenters. The van der Waals surface area contributed by atoms with E-state index >= 15 is 0 Å². The molecular formula is C10H8ClNO3S. The Kier molecular flexibility index (Phi) is 2.19. The molecule has 84 valence electrons. The Morgan fingerprint density at radius 3 is 2.94 bits per heavy atom. The molecule has 0 radical (unpaired) electrons. The topological polar surface area (TPSA) is 46.6 Å². The molecule has 2 aliphatic heterocycles. The summed E-state index contributed by atoms with van der Waals surface area (Å²) in [4.78, 5) is 25.6. The summed E-state index contributed by atoms with van der Waals surface area (Å²) in [6.45, 7) is 0.505. The molecule has 1 aromatic heterocycles. The average molecular weight is 258 g/mol. The standard InChI is InChI=1S/C10H8ClNO3S/c11-8-2-1-7(16-8)9(13)12-4-5-3-6(12)10(14)15-5/h1-2,5-6H,3-4H2/t5-,6-/m1/s1. The normalized spacial score (nSPS) is 27.3. The van der Waals surface area contributed by atoms with Crippen molar-refractivity contribution in [2.45, 2.75) is 18.6 Å². The molecular weight excluding hydrogens is 250 g/mol. The summed E-state index contributed by atoms with van der Waals surface area (Å²) >= 11 is 7.01. The highest BCUT2D eigenvalue weighted by atomic mass is 35.5. The van der Waals surface area contributed by atoms with Crippen molar-refractivity contribution in [3.05, 3.63) is 21.3 Å². The van der Waals surface area contributed by atoms with Gasteiger partial charge in [0.1, 0.15) is 12.1 Å². The van der Waals surface area contributed by atoms with E-state index in [0.29, 0.717) is 22.2 Å². The number of nitrogens with zero attached hydrogens (tertiary/aromatic N) is 1. The molecule has 6 heteroatoms. The minimum absolute atomic E-state index is 0.114. The molecule has 4 nitrogen and oxygen atoms in total. The monoisotopic (exact) mass is 257 g/mol. The molecule has 2 fully saturated rings. The second-order valence-electron chi connectivity index (χ2n) is 3.87. The average Bonchev–Trinajstić information content (AvgIpc) is 2.90. The van der Waals surface area contributed by atoms with E-state index in [9.17, 15) is 9.59 Å². The number of hydrogen-bond acceptors (Lipinski definition) is 4. The van der Waals surface area contributed by atoms with Crippen LogP contribution in [-0.2, 0) is 9.53 Å². The van der Waals surface area contributed by atoms with Crippen molar-refractivity contribution in [2.24, 2.45) is 0 Å². The van der Waals surface area contributed by atoms with Gasteiger partial charge in [-0.15, -0.1) is 11.3 Å².